The zero-order valence-corrected chi connectivity index (χ0v) is 20.3. The van der Waals surface area contributed by atoms with Gasteiger partial charge in [-0.3, -0.25) is 9.69 Å². The van der Waals surface area contributed by atoms with Gasteiger partial charge in [0.2, 0.25) is 8.32 Å². The number of nitrogens with zero attached hydrogens (tertiary/aromatic N) is 1. The Bertz CT molecular complexity index is 746. The first kappa shape index (κ1) is 23.5. The summed E-state index contributed by atoms with van der Waals surface area (Å²) in [5.74, 6) is 0.679. The average molecular weight is 420 g/mol. The van der Waals surface area contributed by atoms with E-state index in [1.165, 1.54) is 0 Å². The van der Waals surface area contributed by atoms with E-state index in [1.807, 2.05) is 45.0 Å². The number of carbonyl (C=O) groups excluding carboxylic acids is 2. The van der Waals surface area contributed by atoms with E-state index in [2.05, 4.69) is 33.9 Å². The predicted molar refractivity (Wildman–Crippen MR) is 119 cm³/mol. The number of Topliss-reactive ketones (excluding diaryl/α,β-unsaturated/α-hetero) is 1. The first-order valence-electron chi connectivity index (χ1n) is 10.5. The standard InChI is InChI=1S/C23H37NO4Si/c1-22(2,3)27-21(26)24-15-10-9-14-19(24)20(25)17-12-11-13-18(16-17)28-29(7,8)23(4,5)6/h11-13,16,19H,9-10,14-15H2,1-8H3. The molecule has 0 N–H and O–H groups in total. The summed E-state index contributed by atoms with van der Waals surface area (Å²) in [5, 5.41) is 0.0733. The Morgan fingerprint density at radius 1 is 1.07 bits per heavy atom. The minimum atomic E-state index is -2.00. The fourth-order valence-electron chi connectivity index (χ4n) is 3.10. The van der Waals surface area contributed by atoms with Crippen LogP contribution in [0, 0.1) is 0 Å². The molecule has 1 atom stereocenters. The lowest BCUT2D eigenvalue weighted by molar-refractivity contribution is 0.0105. The van der Waals surface area contributed by atoms with Crippen molar-refractivity contribution in [3.05, 3.63) is 29.8 Å². The molecule has 1 aromatic carbocycles. The van der Waals surface area contributed by atoms with Crippen molar-refractivity contribution in [3.8, 4) is 5.75 Å². The summed E-state index contributed by atoms with van der Waals surface area (Å²) >= 11 is 0. The third-order valence-electron chi connectivity index (χ3n) is 5.73. The van der Waals surface area contributed by atoms with Crippen LogP contribution in [0.25, 0.3) is 0 Å². The molecule has 1 aliphatic heterocycles. The number of likely N-dealkylation sites (tertiary alicyclic amines) is 1. The van der Waals surface area contributed by atoms with Crippen LogP contribution in [0.2, 0.25) is 18.1 Å². The highest BCUT2D eigenvalue weighted by Crippen LogP contribution is 2.37. The molecule has 1 unspecified atom stereocenters. The van der Waals surface area contributed by atoms with E-state index in [1.54, 1.807) is 4.90 Å². The molecule has 1 saturated heterocycles. The second-order valence-electron chi connectivity index (χ2n) is 10.4. The maximum Gasteiger partial charge on any atom is 0.410 e. The highest BCUT2D eigenvalue weighted by molar-refractivity contribution is 6.74. The minimum absolute atomic E-state index is 0.0451. The molecular formula is C23H37NO4Si. The molecule has 1 heterocycles. The van der Waals surface area contributed by atoms with Gasteiger partial charge < -0.3 is 9.16 Å². The van der Waals surface area contributed by atoms with E-state index in [0.717, 1.165) is 18.6 Å². The van der Waals surface area contributed by atoms with Crippen molar-refractivity contribution in [3.63, 3.8) is 0 Å². The van der Waals surface area contributed by atoms with Crippen molar-refractivity contribution in [1.82, 2.24) is 4.90 Å². The second kappa shape index (κ2) is 8.50. The number of amides is 1. The molecular weight excluding hydrogens is 382 g/mol. The van der Waals surface area contributed by atoms with Crippen LogP contribution in [-0.4, -0.2) is 43.3 Å². The lowest BCUT2D eigenvalue weighted by atomic mass is 9.94. The average Bonchev–Trinajstić information content (AvgIpc) is 2.58. The van der Waals surface area contributed by atoms with E-state index < -0.39 is 26.1 Å². The molecule has 0 spiro atoms. The van der Waals surface area contributed by atoms with Crippen LogP contribution in [0.15, 0.2) is 24.3 Å². The van der Waals surface area contributed by atoms with Crippen LogP contribution >= 0.6 is 0 Å². The number of hydrogen-bond acceptors (Lipinski definition) is 4. The van der Waals surface area contributed by atoms with Crippen LogP contribution in [0.1, 0.15) is 71.2 Å². The van der Waals surface area contributed by atoms with E-state index in [4.69, 9.17) is 9.16 Å². The molecule has 0 bridgehead atoms. The normalized spacial score (nSPS) is 18.3. The SMILES string of the molecule is CC(C)(C)OC(=O)N1CCCCC1C(=O)c1cccc(O[Si](C)(C)C(C)(C)C)c1. The van der Waals surface area contributed by atoms with Crippen molar-refractivity contribution in [2.45, 2.75) is 90.6 Å². The van der Waals surface area contributed by atoms with Gasteiger partial charge in [-0.05, 0) is 70.3 Å². The topological polar surface area (TPSA) is 55.8 Å². The van der Waals surface area contributed by atoms with Crippen LogP contribution in [0.3, 0.4) is 0 Å². The van der Waals surface area contributed by atoms with E-state index in [9.17, 15) is 9.59 Å². The first-order chi connectivity index (χ1) is 13.2. The Hall–Kier alpha value is -1.82. The Morgan fingerprint density at radius 2 is 1.72 bits per heavy atom. The van der Waals surface area contributed by atoms with Gasteiger partial charge in [-0.2, -0.15) is 0 Å². The largest absolute Gasteiger partial charge is 0.543 e. The van der Waals surface area contributed by atoms with Crippen molar-refractivity contribution in [2.75, 3.05) is 6.54 Å². The minimum Gasteiger partial charge on any atom is -0.543 e. The molecule has 0 aromatic heterocycles. The zero-order valence-electron chi connectivity index (χ0n) is 19.3. The lowest BCUT2D eigenvalue weighted by Gasteiger charge is -2.37. The molecule has 0 saturated carbocycles. The molecule has 6 heteroatoms. The van der Waals surface area contributed by atoms with Crippen molar-refractivity contribution in [1.29, 1.82) is 0 Å². The summed E-state index contributed by atoms with van der Waals surface area (Å²) in [6.45, 7) is 17.0. The quantitative estimate of drug-likeness (QED) is 0.441. The van der Waals surface area contributed by atoms with Gasteiger partial charge in [-0.25, -0.2) is 4.79 Å². The van der Waals surface area contributed by atoms with E-state index >= 15 is 0 Å². The van der Waals surface area contributed by atoms with E-state index in [0.29, 0.717) is 18.5 Å². The number of hydrogen-bond donors (Lipinski definition) is 0. The highest BCUT2D eigenvalue weighted by Gasteiger charge is 2.39. The third-order valence-corrected chi connectivity index (χ3v) is 10.1. The van der Waals surface area contributed by atoms with Crippen LogP contribution in [0.4, 0.5) is 4.79 Å². The number of rotatable bonds is 4. The molecule has 29 heavy (non-hydrogen) atoms. The molecule has 2 rings (SSSR count). The fraction of sp³-hybridized carbons (Fsp3) is 0.652. The summed E-state index contributed by atoms with van der Waals surface area (Å²) in [6, 6.07) is 6.91. The summed E-state index contributed by atoms with van der Waals surface area (Å²) in [5.41, 5.74) is 0.000603. The number of benzene rings is 1. The first-order valence-corrected chi connectivity index (χ1v) is 13.4. The third kappa shape index (κ3) is 6.08. The van der Waals surface area contributed by atoms with Gasteiger partial charge in [-0.15, -0.1) is 0 Å². The summed E-state index contributed by atoms with van der Waals surface area (Å²) in [6.07, 6.45) is 2.06. The van der Waals surface area contributed by atoms with Crippen LogP contribution in [-0.2, 0) is 4.74 Å². The van der Waals surface area contributed by atoms with Gasteiger partial charge in [0, 0.05) is 12.1 Å². The molecule has 1 amide bonds. The lowest BCUT2D eigenvalue weighted by Crippen LogP contribution is -2.49. The zero-order chi connectivity index (χ0) is 22.0. The van der Waals surface area contributed by atoms with Gasteiger partial charge >= 0.3 is 6.09 Å². The Balaban J connectivity index is 2.23. The molecule has 0 aliphatic carbocycles. The molecule has 0 radical (unpaired) electrons. The predicted octanol–water partition coefficient (Wildman–Crippen LogP) is 6.04. The maximum absolute atomic E-state index is 13.3. The highest BCUT2D eigenvalue weighted by atomic mass is 28.4. The molecule has 162 valence electrons. The summed E-state index contributed by atoms with van der Waals surface area (Å²) in [4.78, 5) is 27.6. The number of ether oxygens (including phenoxy) is 1. The van der Waals surface area contributed by atoms with Crippen molar-refractivity contribution < 1.29 is 18.8 Å². The molecule has 1 fully saturated rings. The van der Waals surface area contributed by atoms with Crippen molar-refractivity contribution in [2.24, 2.45) is 0 Å². The Kier molecular flexibility index (Phi) is 6.88. The van der Waals surface area contributed by atoms with Gasteiger partial charge in [0.1, 0.15) is 11.4 Å². The molecule has 1 aliphatic rings. The fourth-order valence-corrected chi connectivity index (χ4v) is 4.12. The second-order valence-corrected chi connectivity index (χ2v) is 15.2. The Morgan fingerprint density at radius 3 is 2.31 bits per heavy atom. The van der Waals surface area contributed by atoms with Gasteiger partial charge in [0.25, 0.3) is 0 Å². The molecule has 5 nitrogen and oxygen atoms in total. The summed E-state index contributed by atoms with van der Waals surface area (Å²) in [7, 11) is -2.00. The van der Waals surface area contributed by atoms with Crippen LogP contribution < -0.4 is 4.43 Å². The molecule has 1 aromatic rings. The number of piperidine rings is 1. The number of ketones is 1. The van der Waals surface area contributed by atoms with Crippen molar-refractivity contribution >= 4 is 20.2 Å². The maximum atomic E-state index is 13.3. The van der Waals surface area contributed by atoms with E-state index in [-0.39, 0.29) is 10.8 Å². The smallest absolute Gasteiger partial charge is 0.410 e. The van der Waals surface area contributed by atoms with Gasteiger partial charge in [0.15, 0.2) is 5.78 Å². The monoisotopic (exact) mass is 419 g/mol. The summed E-state index contributed by atoms with van der Waals surface area (Å²) < 4.78 is 11.9. The van der Waals surface area contributed by atoms with Gasteiger partial charge in [-0.1, -0.05) is 32.9 Å². The van der Waals surface area contributed by atoms with Gasteiger partial charge in [0.05, 0.1) is 6.04 Å². The number of carbonyl (C=O) groups is 2. The van der Waals surface area contributed by atoms with Crippen LogP contribution in [0.5, 0.6) is 5.75 Å². The Labute approximate surface area is 176 Å².